The Kier molecular flexibility index (Phi) is 2.82. The number of aromatic amines is 1. The Morgan fingerprint density at radius 3 is 2.71 bits per heavy atom. The summed E-state index contributed by atoms with van der Waals surface area (Å²) in [7, 11) is 0. The number of aromatic carboxylic acids is 1. The number of H-pyrrole nitrogens is 1. The van der Waals surface area contributed by atoms with Gasteiger partial charge in [-0.1, -0.05) is 6.92 Å². The highest BCUT2D eigenvalue weighted by molar-refractivity contribution is 6.08. The Hall–Kier alpha value is -2.30. The summed E-state index contributed by atoms with van der Waals surface area (Å²) < 4.78 is 5.31. The molecule has 5 nitrogen and oxygen atoms in total. The molecule has 88 valence electrons. The maximum Gasteiger partial charge on any atom is 0.352 e. The Balaban J connectivity index is 2.27. The van der Waals surface area contributed by atoms with E-state index in [0.717, 1.165) is 5.76 Å². The van der Waals surface area contributed by atoms with Crippen molar-refractivity contribution in [2.24, 2.45) is 0 Å². The van der Waals surface area contributed by atoms with E-state index in [1.54, 1.807) is 12.1 Å². The monoisotopic (exact) mass is 233 g/mol. The molecule has 0 unspecified atom stereocenters. The fourth-order valence-corrected chi connectivity index (χ4v) is 1.48. The summed E-state index contributed by atoms with van der Waals surface area (Å²) in [5.74, 6) is -0.480. The zero-order chi connectivity index (χ0) is 12.4. The van der Waals surface area contributed by atoms with Crippen LogP contribution >= 0.6 is 0 Å². The van der Waals surface area contributed by atoms with Gasteiger partial charge in [-0.25, -0.2) is 4.79 Å². The number of aromatic nitrogens is 1. The summed E-state index contributed by atoms with van der Waals surface area (Å²) in [4.78, 5) is 25.1. The lowest BCUT2D eigenvalue weighted by atomic mass is 10.2. The normalized spacial score (nSPS) is 10.4. The minimum atomic E-state index is -1.10. The van der Waals surface area contributed by atoms with E-state index in [4.69, 9.17) is 9.52 Å². The first-order valence-electron chi connectivity index (χ1n) is 5.17. The number of carboxylic acid groups (broad SMARTS) is 1. The van der Waals surface area contributed by atoms with Crippen LogP contribution in [0, 0.1) is 0 Å². The van der Waals surface area contributed by atoms with Gasteiger partial charge in [-0.15, -0.1) is 0 Å². The molecule has 2 N–H and O–H groups in total. The molecular formula is C12H11NO4. The molecule has 0 spiro atoms. The van der Waals surface area contributed by atoms with Gasteiger partial charge in [0.05, 0.1) is 0 Å². The predicted octanol–water partition coefficient (Wildman–Crippen LogP) is 2.10. The number of carbonyl (C=O) groups excluding carboxylic acids is 1. The molecule has 0 saturated heterocycles. The van der Waals surface area contributed by atoms with Crippen molar-refractivity contribution in [3.8, 4) is 0 Å². The first-order chi connectivity index (χ1) is 8.11. The predicted molar refractivity (Wildman–Crippen MR) is 59.3 cm³/mol. The highest BCUT2D eigenvalue weighted by Crippen LogP contribution is 2.14. The third-order valence-electron chi connectivity index (χ3n) is 2.41. The average molecular weight is 233 g/mol. The number of ketones is 1. The van der Waals surface area contributed by atoms with Crippen LogP contribution in [0.1, 0.15) is 39.3 Å². The highest BCUT2D eigenvalue weighted by atomic mass is 16.4. The molecule has 2 rings (SSSR count). The number of hydrogen-bond donors (Lipinski definition) is 2. The topological polar surface area (TPSA) is 83.3 Å². The van der Waals surface area contributed by atoms with Crippen LogP contribution in [-0.4, -0.2) is 21.8 Å². The van der Waals surface area contributed by atoms with Crippen LogP contribution < -0.4 is 0 Å². The van der Waals surface area contributed by atoms with Gasteiger partial charge >= 0.3 is 5.97 Å². The van der Waals surface area contributed by atoms with Crippen molar-refractivity contribution >= 4 is 11.8 Å². The van der Waals surface area contributed by atoms with Gasteiger partial charge in [0.2, 0.25) is 5.78 Å². The number of aryl methyl sites for hydroxylation is 1. The SMILES string of the molecule is CCc1ccc(C(=O)c2c[nH]c(C(=O)O)c2)o1. The lowest BCUT2D eigenvalue weighted by Crippen LogP contribution is -1.98. The van der Waals surface area contributed by atoms with Crippen molar-refractivity contribution in [3.63, 3.8) is 0 Å². The molecule has 0 atom stereocenters. The molecule has 0 aliphatic heterocycles. The molecule has 0 bridgehead atoms. The van der Waals surface area contributed by atoms with Gasteiger partial charge in [-0.3, -0.25) is 4.79 Å². The van der Waals surface area contributed by atoms with Crippen LogP contribution in [0.5, 0.6) is 0 Å². The van der Waals surface area contributed by atoms with Gasteiger partial charge < -0.3 is 14.5 Å². The zero-order valence-electron chi connectivity index (χ0n) is 9.19. The molecule has 2 aromatic heterocycles. The van der Waals surface area contributed by atoms with Crippen molar-refractivity contribution in [2.75, 3.05) is 0 Å². The smallest absolute Gasteiger partial charge is 0.352 e. The molecule has 0 fully saturated rings. The molecule has 17 heavy (non-hydrogen) atoms. The van der Waals surface area contributed by atoms with Crippen molar-refractivity contribution in [1.29, 1.82) is 0 Å². The first kappa shape index (κ1) is 11.2. The van der Waals surface area contributed by atoms with E-state index in [1.165, 1.54) is 12.3 Å². The molecule has 5 heteroatoms. The molecule has 2 aromatic rings. The van der Waals surface area contributed by atoms with Gasteiger partial charge in [0.25, 0.3) is 0 Å². The summed E-state index contributed by atoms with van der Waals surface area (Å²) >= 11 is 0. The van der Waals surface area contributed by atoms with Crippen LogP contribution in [0.4, 0.5) is 0 Å². The van der Waals surface area contributed by atoms with Crippen molar-refractivity contribution in [2.45, 2.75) is 13.3 Å². The Morgan fingerprint density at radius 2 is 2.18 bits per heavy atom. The summed E-state index contributed by atoms with van der Waals surface area (Å²) in [6, 6.07) is 4.62. The van der Waals surface area contributed by atoms with Crippen LogP contribution in [-0.2, 0) is 6.42 Å². The Bertz CT molecular complexity index is 565. The molecule has 0 aliphatic carbocycles. The average Bonchev–Trinajstić information content (AvgIpc) is 2.97. The second-order valence-electron chi connectivity index (χ2n) is 3.56. The summed E-state index contributed by atoms with van der Waals surface area (Å²) in [5.41, 5.74) is 0.259. The highest BCUT2D eigenvalue weighted by Gasteiger charge is 2.16. The number of furan rings is 1. The lowest BCUT2D eigenvalue weighted by Gasteiger charge is -1.92. The van der Waals surface area contributed by atoms with E-state index in [2.05, 4.69) is 4.98 Å². The van der Waals surface area contributed by atoms with E-state index in [1.807, 2.05) is 6.92 Å². The molecule has 0 saturated carbocycles. The van der Waals surface area contributed by atoms with E-state index < -0.39 is 5.97 Å². The third-order valence-corrected chi connectivity index (χ3v) is 2.41. The van der Waals surface area contributed by atoms with Crippen molar-refractivity contribution in [1.82, 2.24) is 4.98 Å². The first-order valence-corrected chi connectivity index (χ1v) is 5.17. The minimum Gasteiger partial charge on any atom is -0.477 e. The van der Waals surface area contributed by atoms with Gasteiger partial charge in [0.15, 0.2) is 5.76 Å². The maximum absolute atomic E-state index is 11.9. The van der Waals surface area contributed by atoms with Gasteiger partial charge in [0, 0.05) is 18.2 Å². The molecule has 2 heterocycles. The fourth-order valence-electron chi connectivity index (χ4n) is 1.48. The molecule has 0 aliphatic rings. The van der Waals surface area contributed by atoms with Gasteiger partial charge in [-0.05, 0) is 18.2 Å². The quantitative estimate of drug-likeness (QED) is 0.792. The summed E-state index contributed by atoms with van der Waals surface area (Å²) in [6.45, 7) is 1.92. The van der Waals surface area contributed by atoms with Gasteiger partial charge in [-0.2, -0.15) is 0 Å². The van der Waals surface area contributed by atoms with Crippen molar-refractivity contribution in [3.05, 3.63) is 47.2 Å². The zero-order valence-corrected chi connectivity index (χ0v) is 9.19. The lowest BCUT2D eigenvalue weighted by molar-refractivity contribution is 0.0691. The third kappa shape index (κ3) is 2.13. The van der Waals surface area contributed by atoms with Crippen LogP contribution in [0.25, 0.3) is 0 Å². The molecule has 0 radical (unpaired) electrons. The summed E-state index contributed by atoms with van der Waals surface area (Å²) in [5, 5.41) is 8.73. The number of nitrogens with one attached hydrogen (secondary N) is 1. The molecular weight excluding hydrogens is 222 g/mol. The number of rotatable bonds is 4. The number of carbonyl (C=O) groups is 2. The minimum absolute atomic E-state index is 0.0179. The fraction of sp³-hybridized carbons (Fsp3) is 0.167. The second-order valence-corrected chi connectivity index (χ2v) is 3.56. The van der Waals surface area contributed by atoms with Gasteiger partial charge in [0.1, 0.15) is 11.5 Å². The van der Waals surface area contributed by atoms with Crippen molar-refractivity contribution < 1.29 is 19.1 Å². The molecule has 0 aromatic carbocycles. The molecule has 0 amide bonds. The van der Waals surface area contributed by atoms with E-state index >= 15 is 0 Å². The van der Waals surface area contributed by atoms with Crippen LogP contribution in [0.3, 0.4) is 0 Å². The Morgan fingerprint density at radius 1 is 1.41 bits per heavy atom. The van der Waals surface area contributed by atoms with Crippen LogP contribution in [0.15, 0.2) is 28.8 Å². The van der Waals surface area contributed by atoms with E-state index in [-0.39, 0.29) is 22.8 Å². The largest absolute Gasteiger partial charge is 0.477 e. The summed E-state index contributed by atoms with van der Waals surface area (Å²) in [6.07, 6.45) is 2.07. The number of hydrogen-bond acceptors (Lipinski definition) is 3. The Labute approximate surface area is 97.1 Å². The van der Waals surface area contributed by atoms with E-state index in [0.29, 0.717) is 6.42 Å². The number of carboxylic acids is 1. The van der Waals surface area contributed by atoms with E-state index in [9.17, 15) is 9.59 Å². The maximum atomic E-state index is 11.9. The standard InChI is InChI=1S/C12H11NO4/c1-2-8-3-4-10(17-8)11(14)7-5-9(12(15)16)13-6-7/h3-6,13H,2H2,1H3,(H,15,16). The second kappa shape index (κ2) is 4.29. The van der Waals surface area contributed by atoms with Crippen LogP contribution in [0.2, 0.25) is 0 Å².